The Balaban J connectivity index is 1.91. The van der Waals surface area contributed by atoms with E-state index in [9.17, 15) is 4.79 Å². The molecule has 0 saturated heterocycles. The van der Waals surface area contributed by atoms with Crippen LogP contribution >= 0.6 is 0 Å². The molecule has 110 valence electrons. The molecular formula is C20H18O2. The third kappa shape index (κ3) is 2.73. The summed E-state index contributed by atoms with van der Waals surface area (Å²) in [6, 6.07) is 22.5. The minimum atomic E-state index is -0.301. The lowest BCUT2D eigenvalue weighted by Crippen LogP contribution is -2.02. The van der Waals surface area contributed by atoms with Gasteiger partial charge in [0.2, 0.25) is 0 Å². The maximum absolute atomic E-state index is 11.5. The molecular weight excluding hydrogens is 272 g/mol. The van der Waals surface area contributed by atoms with Crippen LogP contribution in [-0.2, 0) is 4.74 Å². The standard InChI is InChI=1S/C20H18O2/c1-14(15-7-10-17(11-8-15)20(21)22-2)18-12-9-16-5-3-4-6-19(16)13-18/h3-14H,1-2H3. The number of fused-ring (bicyclic) bond motifs is 1. The molecule has 0 aromatic heterocycles. The van der Waals surface area contributed by atoms with Crippen LogP contribution in [-0.4, -0.2) is 13.1 Å². The summed E-state index contributed by atoms with van der Waals surface area (Å²) in [6.07, 6.45) is 0. The SMILES string of the molecule is COC(=O)c1ccc(C(C)c2ccc3ccccc3c2)cc1. The Morgan fingerprint density at radius 3 is 2.18 bits per heavy atom. The minimum absolute atomic E-state index is 0.274. The van der Waals surface area contributed by atoms with Gasteiger partial charge < -0.3 is 4.74 Å². The third-order valence-corrected chi connectivity index (χ3v) is 4.11. The highest BCUT2D eigenvalue weighted by Crippen LogP contribution is 2.27. The molecule has 3 aromatic rings. The van der Waals surface area contributed by atoms with E-state index in [0.717, 1.165) is 0 Å². The van der Waals surface area contributed by atoms with Gasteiger partial charge in [-0.15, -0.1) is 0 Å². The zero-order valence-corrected chi connectivity index (χ0v) is 12.7. The number of rotatable bonds is 3. The molecule has 3 rings (SSSR count). The Labute approximate surface area is 130 Å². The zero-order valence-electron chi connectivity index (χ0n) is 12.7. The van der Waals surface area contributed by atoms with Crippen molar-refractivity contribution in [2.45, 2.75) is 12.8 Å². The molecule has 0 radical (unpaired) electrons. The molecule has 0 aliphatic rings. The average Bonchev–Trinajstić information content (AvgIpc) is 2.60. The highest BCUT2D eigenvalue weighted by Gasteiger charge is 2.11. The maximum atomic E-state index is 11.5. The van der Waals surface area contributed by atoms with Gasteiger partial charge in [-0.05, 0) is 34.0 Å². The van der Waals surface area contributed by atoms with Gasteiger partial charge in [-0.1, -0.05) is 61.5 Å². The lowest BCUT2D eigenvalue weighted by atomic mass is 9.91. The van der Waals surface area contributed by atoms with Crippen LogP contribution in [0.3, 0.4) is 0 Å². The molecule has 0 fully saturated rings. The summed E-state index contributed by atoms with van der Waals surface area (Å²) >= 11 is 0. The number of esters is 1. The quantitative estimate of drug-likeness (QED) is 0.649. The second-order valence-corrected chi connectivity index (χ2v) is 5.44. The normalized spacial score (nSPS) is 12.1. The molecule has 0 aliphatic heterocycles. The lowest BCUT2D eigenvalue weighted by Gasteiger charge is -2.14. The van der Waals surface area contributed by atoms with Crippen molar-refractivity contribution in [3.05, 3.63) is 83.4 Å². The molecule has 0 bridgehead atoms. The molecule has 0 amide bonds. The van der Waals surface area contributed by atoms with Gasteiger partial charge in [0.15, 0.2) is 0 Å². The number of carbonyl (C=O) groups is 1. The minimum Gasteiger partial charge on any atom is -0.465 e. The molecule has 2 heteroatoms. The van der Waals surface area contributed by atoms with Crippen molar-refractivity contribution in [2.24, 2.45) is 0 Å². The zero-order chi connectivity index (χ0) is 15.5. The Morgan fingerprint density at radius 1 is 0.864 bits per heavy atom. The first-order valence-corrected chi connectivity index (χ1v) is 7.36. The summed E-state index contributed by atoms with van der Waals surface area (Å²) in [5.74, 6) is -0.0267. The predicted octanol–water partition coefficient (Wildman–Crippen LogP) is 4.78. The molecule has 3 aromatic carbocycles. The van der Waals surface area contributed by atoms with E-state index in [4.69, 9.17) is 4.74 Å². The molecule has 0 spiro atoms. The fourth-order valence-corrected chi connectivity index (χ4v) is 2.70. The van der Waals surface area contributed by atoms with Crippen LogP contribution in [0.25, 0.3) is 10.8 Å². The highest BCUT2D eigenvalue weighted by molar-refractivity contribution is 5.89. The smallest absolute Gasteiger partial charge is 0.337 e. The topological polar surface area (TPSA) is 26.3 Å². The van der Waals surface area contributed by atoms with Crippen molar-refractivity contribution >= 4 is 16.7 Å². The number of hydrogen-bond donors (Lipinski definition) is 0. The fraction of sp³-hybridized carbons (Fsp3) is 0.150. The number of methoxy groups -OCH3 is 1. The van der Waals surface area contributed by atoms with Crippen molar-refractivity contribution in [3.63, 3.8) is 0 Å². The van der Waals surface area contributed by atoms with Crippen molar-refractivity contribution in [1.82, 2.24) is 0 Å². The third-order valence-electron chi connectivity index (χ3n) is 4.11. The van der Waals surface area contributed by atoms with Crippen LogP contribution in [0.4, 0.5) is 0 Å². The van der Waals surface area contributed by atoms with E-state index in [1.807, 2.05) is 24.3 Å². The van der Waals surface area contributed by atoms with Crippen LogP contribution in [0, 0.1) is 0 Å². The summed E-state index contributed by atoms with van der Waals surface area (Å²) in [6.45, 7) is 2.18. The van der Waals surface area contributed by atoms with Gasteiger partial charge in [-0.2, -0.15) is 0 Å². The molecule has 2 nitrogen and oxygen atoms in total. The lowest BCUT2D eigenvalue weighted by molar-refractivity contribution is 0.0600. The molecule has 1 unspecified atom stereocenters. The monoisotopic (exact) mass is 290 g/mol. The van der Waals surface area contributed by atoms with Gasteiger partial charge in [0.25, 0.3) is 0 Å². The van der Waals surface area contributed by atoms with Crippen molar-refractivity contribution in [3.8, 4) is 0 Å². The summed E-state index contributed by atoms with van der Waals surface area (Å²) in [7, 11) is 1.40. The van der Waals surface area contributed by atoms with Crippen LogP contribution in [0.15, 0.2) is 66.7 Å². The van der Waals surface area contributed by atoms with Crippen molar-refractivity contribution in [1.29, 1.82) is 0 Å². The number of benzene rings is 3. The second-order valence-electron chi connectivity index (χ2n) is 5.44. The first-order chi connectivity index (χ1) is 10.7. The number of ether oxygens (including phenoxy) is 1. The molecule has 0 saturated carbocycles. The van der Waals surface area contributed by atoms with Crippen LogP contribution < -0.4 is 0 Å². The summed E-state index contributed by atoms with van der Waals surface area (Å²) in [5, 5.41) is 2.50. The molecule has 0 N–H and O–H groups in total. The van der Waals surface area contributed by atoms with Gasteiger partial charge in [-0.25, -0.2) is 4.79 Å². The van der Waals surface area contributed by atoms with E-state index in [-0.39, 0.29) is 11.9 Å². The summed E-state index contributed by atoms with van der Waals surface area (Å²) < 4.78 is 4.73. The first-order valence-electron chi connectivity index (χ1n) is 7.36. The Bertz CT molecular complexity index is 803. The summed E-state index contributed by atoms with van der Waals surface area (Å²) in [5.41, 5.74) is 3.03. The fourth-order valence-electron chi connectivity index (χ4n) is 2.70. The van der Waals surface area contributed by atoms with Gasteiger partial charge in [0.1, 0.15) is 0 Å². The van der Waals surface area contributed by atoms with Crippen molar-refractivity contribution < 1.29 is 9.53 Å². The van der Waals surface area contributed by atoms with E-state index in [1.54, 1.807) is 0 Å². The second kappa shape index (κ2) is 6.02. The van der Waals surface area contributed by atoms with E-state index in [0.29, 0.717) is 5.56 Å². The van der Waals surface area contributed by atoms with E-state index < -0.39 is 0 Å². The first kappa shape index (κ1) is 14.3. The molecule has 22 heavy (non-hydrogen) atoms. The molecule has 0 heterocycles. The van der Waals surface area contributed by atoms with E-state index in [1.165, 1.54) is 29.0 Å². The van der Waals surface area contributed by atoms with Crippen LogP contribution in [0.1, 0.15) is 34.3 Å². The van der Waals surface area contributed by atoms with E-state index in [2.05, 4.69) is 49.4 Å². The molecule has 1 atom stereocenters. The highest BCUT2D eigenvalue weighted by atomic mass is 16.5. The maximum Gasteiger partial charge on any atom is 0.337 e. The Kier molecular flexibility index (Phi) is 3.92. The Morgan fingerprint density at radius 2 is 1.50 bits per heavy atom. The van der Waals surface area contributed by atoms with Gasteiger partial charge in [0.05, 0.1) is 12.7 Å². The van der Waals surface area contributed by atoms with Gasteiger partial charge >= 0.3 is 5.97 Å². The molecule has 0 aliphatic carbocycles. The predicted molar refractivity (Wildman–Crippen MR) is 89.2 cm³/mol. The van der Waals surface area contributed by atoms with E-state index >= 15 is 0 Å². The van der Waals surface area contributed by atoms with Gasteiger partial charge in [-0.3, -0.25) is 0 Å². The van der Waals surface area contributed by atoms with Crippen molar-refractivity contribution in [2.75, 3.05) is 7.11 Å². The van der Waals surface area contributed by atoms with Crippen LogP contribution in [0.2, 0.25) is 0 Å². The van der Waals surface area contributed by atoms with Gasteiger partial charge in [0, 0.05) is 5.92 Å². The van der Waals surface area contributed by atoms with Crippen LogP contribution in [0.5, 0.6) is 0 Å². The largest absolute Gasteiger partial charge is 0.465 e. The number of hydrogen-bond acceptors (Lipinski definition) is 2. The Hall–Kier alpha value is -2.61. The average molecular weight is 290 g/mol. The summed E-state index contributed by atoms with van der Waals surface area (Å²) in [4.78, 5) is 11.5. The number of carbonyl (C=O) groups excluding carboxylic acids is 1.